The fraction of sp³-hybridized carbons (Fsp3) is 0.333. The summed E-state index contributed by atoms with van der Waals surface area (Å²) < 4.78 is 0. The number of rotatable bonds is 6. The molecule has 0 bridgehead atoms. The Morgan fingerprint density at radius 1 is 1.41 bits per heavy atom. The van der Waals surface area contributed by atoms with Crippen molar-refractivity contribution >= 4 is 34.8 Å². The molecule has 92 valence electrons. The molecule has 1 aromatic carbocycles. The van der Waals surface area contributed by atoms with Crippen molar-refractivity contribution in [3.63, 3.8) is 0 Å². The summed E-state index contributed by atoms with van der Waals surface area (Å²) in [5, 5.41) is 4.26. The first-order valence-electron chi connectivity index (χ1n) is 5.39. The van der Waals surface area contributed by atoms with Crippen LogP contribution in [0.15, 0.2) is 35.4 Å². The van der Waals surface area contributed by atoms with Gasteiger partial charge in [-0.1, -0.05) is 30.3 Å². The van der Waals surface area contributed by atoms with Crippen molar-refractivity contribution < 1.29 is 0 Å². The Hall–Kier alpha value is -1.07. The van der Waals surface area contributed by atoms with Gasteiger partial charge in [-0.25, -0.2) is 0 Å². The third-order valence-electron chi connectivity index (χ3n) is 2.08. The Bertz CT molecular complexity index is 377. The number of hydrogen-bond acceptors (Lipinski definition) is 3. The van der Waals surface area contributed by atoms with Crippen LogP contribution in [0, 0.1) is 0 Å². The van der Waals surface area contributed by atoms with Crippen molar-refractivity contribution in [1.82, 2.24) is 5.43 Å². The lowest BCUT2D eigenvalue weighted by atomic mass is 10.2. The van der Waals surface area contributed by atoms with E-state index in [0.29, 0.717) is 0 Å². The molecule has 5 heteroatoms. The lowest BCUT2D eigenvalue weighted by Crippen LogP contribution is -2.25. The number of nitrogens with zero attached hydrogens (tertiary/aromatic N) is 1. The van der Waals surface area contributed by atoms with Crippen LogP contribution in [0.4, 0.5) is 0 Å². The fourth-order valence-corrected chi connectivity index (χ4v) is 2.25. The molecule has 0 atom stereocenters. The zero-order valence-corrected chi connectivity index (χ0v) is 11.5. The van der Waals surface area contributed by atoms with Crippen molar-refractivity contribution in [2.24, 2.45) is 10.8 Å². The van der Waals surface area contributed by atoms with Crippen LogP contribution in [-0.2, 0) is 5.75 Å². The molecule has 3 nitrogen and oxygen atoms in total. The van der Waals surface area contributed by atoms with Gasteiger partial charge in [-0.3, -0.25) is 5.43 Å². The van der Waals surface area contributed by atoms with Gasteiger partial charge in [-0.2, -0.15) is 16.9 Å². The average molecular weight is 267 g/mol. The first-order chi connectivity index (χ1) is 8.18. The van der Waals surface area contributed by atoms with Crippen LogP contribution in [0.3, 0.4) is 0 Å². The molecule has 1 aromatic rings. The monoisotopic (exact) mass is 267 g/mol. The van der Waals surface area contributed by atoms with Gasteiger partial charge in [-0.05, 0) is 36.9 Å². The van der Waals surface area contributed by atoms with Gasteiger partial charge in [0.1, 0.15) is 0 Å². The van der Waals surface area contributed by atoms with Crippen LogP contribution in [0.2, 0.25) is 0 Å². The predicted molar refractivity (Wildman–Crippen MR) is 80.3 cm³/mol. The third kappa shape index (κ3) is 6.97. The van der Waals surface area contributed by atoms with Gasteiger partial charge >= 0.3 is 0 Å². The molecule has 0 aliphatic rings. The Morgan fingerprint density at radius 3 is 2.76 bits per heavy atom. The molecule has 0 saturated carbocycles. The van der Waals surface area contributed by atoms with Crippen LogP contribution < -0.4 is 11.2 Å². The molecular formula is C12H17N3S2. The smallest absolute Gasteiger partial charge is 0.184 e. The highest BCUT2D eigenvalue weighted by atomic mass is 32.2. The van der Waals surface area contributed by atoms with Gasteiger partial charge in [0.25, 0.3) is 0 Å². The molecule has 0 saturated heterocycles. The topological polar surface area (TPSA) is 50.4 Å². The minimum Gasteiger partial charge on any atom is -0.375 e. The second kappa shape index (κ2) is 8.08. The number of thioether (sulfide) groups is 1. The van der Waals surface area contributed by atoms with Crippen molar-refractivity contribution in [1.29, 1.82) is 0 Å². The highest BCUT2D eigenvalue weighted by Crippen LogP contribution is 2.12. The van der Waals surface area contributed by atoms with Crippen LogP contribution in [-0.4, -0.2) is 16.6 Å². The van der Waals surface area contributed by atoms with Crippen LogP contribution in [0.25, 0.3) is 0 Å². The summed E-state index contributed by atoms with van der Waals surface area (Å²) in [5.41, 5.74) is 10.2. The fourth-order valence-electron chi connectivity index (χ4n) is 1.19. The summed E-state index contributed by atoms with van der Waals surface area (Å²) in [4.78, 5) is 0. The van der Waals surface area contributed by atoms with Crippen molar-refractivity contribution in [2.45, 2.75) is 19.1 Å². The number of hydrazone groups is 1. The molecule has 17 heavy (non-hydrogen) atoms. The summed E-state index contributed by atoms with van der Waals surface area (Å²) >= 11 is 6.56. The summed E-state index contributed by atoms with van der Waals surface area (Å²) in [6.07, 6.45) is 0.938. The highest BCUT2D eigenvalue weighted by Gasteiger charge is 1.95. The molecule has 0 heterocycles. The summed E-state index contributed by atoms with van der Waals surface area (Å²) in [5.74, 6) is 2.08. The molecule has 0 fully saturated rings. The highest BCUT2D eigenvalue weighted by molar-refractivity contribution is 7.98. The van der Waals surface area contributed by atoms with E-state index in [4.69, 9.17) is 5.73 Å². The van der Waals surface area contributed by atoms with E-state index in [1.807, 2.05) is 24.8 Å². The van der Waals surface area contributed by atoms with Crippen molar-refractivity contribution in [3.8, 4) is 0 Å². The number of benzene rings is 1. The Morgan fingerprint density at radius 2 is 2.12 bits per heavy atom. The van der Waals surface area contributed by atoms with Gasteiger partial charge in [0.05, 0.1) is 0 Å². The molecule has 0 aliphatic heterocycles. The van der Waals surface area contributed by atoms with E-state index in [0.717, 1.165) is 23.6 Å². The first kappa shape index (κ1) is 14.0. The van der Waals surface area contributed by atoms with E-state index in [1.54, 1.807) is 0 Å². The molecule has 0 aliphatic carbocycles. The van der Waals surface area contributed by atoms with Crippen molar-refractivity contribution in [2.75, 3.05) is 5.75 Å². The maximum absolute atomic E-state index is 5.28. The summed E-state index contributed by atoms with van der Waals surface area (Å²) in [6.45, 7) is 1.97. The molecular weight excluding hydrogens is 250 g/mol. The van der Waals surface area contributed by atoms with Gasteiger partial charge in [0, 0.05) is 11.5 Å². The SMILES string of the molecule is CC(CCSCc1ccccc1)=NNC(N)=S. The number of hydrogen-bond donors (Lipinski definition) is 2. The molecule has 0 spiro atoms. The molecule has 0 radical (unpaired) electrons. The average Bonchev–Trinajstić information content (AvgIpc) is 2.33. The Balaban J connectivity index is 2.16. The van der Waals surface area contributed by atoms with E-state index in [1.165, 1.54) is 5.56 Å². The van der Waals surface area contributed by atoms with Gasteiger partial charge < -0.3 is 5.73 Å². The number of nitrogens with two attached hydrogens (primary N) is 1. The Kier molecular flexibility index (Phi) is 6.65. The summed E-state index contributed by atoms with van der Waals surface area (Å²) in [6, 6.07) is 10.4. The number of thiocarbonyl (C=S) groups is 1. The second-order valence-corrected chi connectivity index (χ2v) is 5.16. The van der Waals surface area contributed by atoms with Gasteiger partial charge in [-0.15, -0.1) is 0 Å². The molecule has 0 amide bonds. The minimum atomic E-state index is 0.210. The van der Waals surface area contributed by atoms with Gasteiger partial charge in [0.15, 0.2) is 5.11 Å². The molecule has 0 aromatic heterocycles. The zero-order valence-electron chi connectivity index (χ0n) is 9.85. The lowest BCUT2D eigenvalue weighted by molar-refractivity contribution is 1.01. The Labute approximate surface area is 112 Å². The quantitative estimate of drug-likeness (QED) is 0.360. The molecule has 0 unspecified atom stereocenters. The molecule has 3 N–H and O–H groups in total. The lowest BCUT2D eigenvalue weighted by Gasteiger charge is -2.02. The maximum Gasteiger partial charge on any atom is 0.184 e. The zero-order chi connectivity index (χ0) is 12.5. The molecule has 1 rings (SSSR count). The first-order valence-corrected chi connectivity index (χ1v) is 6.95. The summed E-state index contributed by atoms with van der Waals surface area (Å²) in [7, 11) is 0. The standard InChI is InChI=1S/C12H17N3S2/c1-10(14-15-12(13)16)7-8-17-9-11-5-3-2-4-6-11/h2-6H,7-9H2,1H3,(H3,13,15,16). The third-order valence-corrected chi connectivity index (χ3v) is 3.20. The van der Waals surface area contributed by atoms with Crippen molar-refractivity contribution in [3.05, 3.63) is 35.9 Å². The van der Waals surface area contributed by atoms with E-state index >= 15 is 0 Å². The van der Waals surface area contributed by atoms with Gasteiger partial charge in [0.2, 0.25) is 0 Å². The van der Waals surface area contributed by atoms with Crippen LogP contribution in [0.5, 0.6) is 0 Å². The number of nitrogens with one attached hydrogen (secondary N) is 1. The van der Waals surface area contributed by atoms with Crippen LogP contribution in [0.1, 0.15) is 18.9 Å². The normalized spacial score (nSPS) is 11.2. The van der Waals surface area contributed by atoms with Crippen LogP contribution >= 0.6 is 24.0 Å². The minimum absolute atomic E-state index is 0.210. The van der Waals surface area contributed by atoms with E-state index in [2.05, 4.69) is 47.0 Å². The van der Waals surface area contributed by atoms with E-state index in [-0.39, 0.29) is 5.11 Å². The maximum atomic E-state index is 5.28. The predicted octanol–water partition coefficient (Wildman–Crippen LogP) is 2.52. The van der Waals surface area contributed by atoms with E-state index < -0.39 is 0 Å². The largest absolute Gasteiger partial charge is 0.375 e. The van der Waals surface area contributed by atoms with E-state index in [9.17, 15) is 0 Å². The second-order valence-electron chi connectivity index (χ2n) is 3.61.